The van der Waals surface area contributed by atoms with Crippen LogP contribution >= 0.6 is 0 Å². The molecule has 2 aliphatic heterocycles. The first-order valence-corrected chi connectivity index (χ1v) is 14.8. The van der Waals surface area contributed by atoms with E-state index in [1.165, 1.54) is 0 Å². The van der Waals surface area contributed by atoms with Crippen LogP contribution in [0.5, 0.6) is 0 Å². The maximum absolute atomic E-state index is 13.6. The van der Waals surface area contributed by atoms with Crippen molar-refractivity contribution in [3.05, 3.63) is 23.8 Å². The summed E-state index contributed by atoms with van der Waals surface area (Å²) < 4.78 is 17.6. The molecule has 0 unspecified atom stereocenters. The van der Waals surface area contributed by atoms with E-state index in [1.54, 1.807) is 13.8 Å². The third-order valence-electron chi connectivity index (χ3n) is 9.95. The molecule has 3 aliphatic carbocycles. The summed E-state index contributed by atoms with van der Waals surface area (Å²) in [6, 6.07) is 0. The smallest absolute Gasteiger partial charge is 0.306 e. The van der Waals surface area contributed by atoms with Crippen molar-refractivity contribution >= 4 is 11.8 Å². The number of cyclic esters (lactones) is 1. The highest BCUT2D eigenvalue weighted by Gasteiger charge is 2.51. The zero-order chi connectivity index (χ0) is 28.0. The Bertz CT molecular complexity index is 977. The molecule has 9 heteroatoms. The zero-order valence-electron chi connectivity index (χ0n) is 23.1. The normalized spacial score (nSPS) is 48.7. The summed E-state index contributed by atoms with van der Waals surface area (Å²) in [7, 11) is 0. The van der Waals surface area contributed by atoms with Crippen LogP contribution in [0.2, 0.25) is 0 Å². The van der Waals surface area contributed by atoms with Crippen LogP contribution in [0.1, 0.15) is 65.7 Å². The number of hydrogen-bond donors (Lipinski definition) is 4. The van der Waals surface area contributed by atoms with E-state index in [-0.39, 0.29) is 60.0 Å². The topological polar surface area (TPSA) is 143 Å². The molecule has 0 amide bonds. The Morgan fingerprint density at radius 1 is 0.974 bits per heavy atom. The molecule has 2 heterocycles. The Balaban J connectivity index is 1.34. The lowest BCUT2D eigenvalue weighted by atomic mass is 9.70. The number of carbonyl (C=O) groups excluding carboxylic acids is 2. The van der Waals surface area contributed by atoms with Crippen molar-refractivity contribution < 1.29 is 44.2 Å². The predicted octanol–water partition coefficient (Wildman–Crippen LogP) is 2.05. The molecule has 5 aliphatic rings. The summed E-state index contributed by atoms with van der Waals surface area (Å²) in [5.74, 6) is -0.774. The molecule has 0 spiro atoms. The van der Waals surface area contributed by atoms with E-state index in [0.717, 1.165) is 6.42 Å². The van der Waals surface area contributed by atoms with Gasteiger partial charge in [0.1, 0.15) is 24.4 Å². The van der Waals surface area contributed by atoms with Gasteiger partial charge >= 0.3 is 5.97 Å². The number of esters is 1. The first kappa shape index (κ1) is 28.9. The second-order valence-electron chi connectivity index (χ2n) is 12.4. The van der Waals surface area contributed by atoms with Crippen molar-refractivity contribution in [3.63, 3.8) is 0 Å². The summed E-state index contributed by atoms with van der Waals surface area (Å²) >= 11 is 0. The second-order valence-corrected chi connectivity index (χ2v) is 12.4. The summed E-state index contributed by atoms with van der Waals surface area (Å²) in [6.45, 7) is 5.41. The molecule has 9 nitrogen and oxygen atoms in total. The Labute approximate surface area is 230 Å². The largest absolute Gasteiger partial charge is 0.462 e. The van der Waals surface area contributed by atoms with Crippen LogP contribution in [0.4, 0.5) is 0 Å². The molecule has 3 fully saturated rings. The highest BCUT2D eigenvalue weighted by Crippen LogP contribution is 2.54. The van der Waals surface area contributed by atoms with Crippen LogP contribution in [-0.4, -0.2) is 81.2 Å². The number of fused-ring (bicyclic) bond motifs is 5. The first-order chi connectivity index (χ1) is 18.6. The molecule has 0 radical (unpaired) electrons. The molecular formula is C30H44O9. The molecular weight excluding hydrogens is 504 g/mol. The minimum Gasteiger partial charge on any atom is -0.462 e. The van der Waals surface area contributed by atoms with Crippen molar-refractivity contribution in [1.29, 1.82) is 0 Å². The van der Waals surface area contributed by atoms with Gasteiger partial charge in [-0.15, -0.1) is 0 Å². The van der Waals surface area contributed by atoms with Gasteiger partial charge in [-0.3, -0.25) is 9.59 Å². The number of Topliss-reactive ketones (excluding diaryl/α,β-unsaturated/α-hetero) is 1. The Morgan fingerprint density at radius 2 is 1.74 bits per heavy atom. The summed E-state index contributed by atoms with van der Waals surface area (Å²) in [5.41, 5.74) is 0.633. The van der Waals surface area contributed by atoms with Crippen molar-refractivity contribution in [1.82, 2.24) is 0 Å². The highest BCUT2D eigenvalue weighted by atomic mass is 16.7. The van der Waals surface area contributed by atoms with Crippen molar-refractivity contribution in [2.45, 2.75) is 115 Å². The van der Waals surface area contributed by atoms with Gasteiger partial charge in [-0.2, -0.15) is 0 Å². The van der Waals surface area contributed by atoms with Gasteiger partial charge in [-0.25, -0.2) is 0 Å². The van der Waals surface area contributed by atoms with Gasteiger partial charge in [0, 0.05) is 11.8 Å². The molecule has 14 atom stereocenters. The SMILES string of the molecule is CC[C@H]1CCC[C@H](O)[C@@H](C)C(=O)C2=C[C@@H]3[C@@H](C=C[C@@H]4C[C@@H](O[C@@H]5O[C@@H](C)[C@H](O)[C@@H](O)[C@H]5O)C[C@@H]34)[C@@H]2CC(=O)O1. The number of aliphatic hydroxyl groups excluding tert-OH is 4. The van der Waals surface area contributed by atoms with Crippen LogP contribution in [0.15, 0.2) is 23.8 Å². The predicted molar refractivity (Wildman–Crippen MR) is 140 cm³/mol. The van der Waals surface area contributed by atoms with Crippen LogP contribution in [-0.2, 0) is 23.8 Å². The molecule has 218 valence electrons. The maximum atomic E-state index is 13.6. The fraction of sp³-hybridized carbons (Fsp3) is 0.800. The Kier molecular flexibility index (Phi) is 8.67. The molecule has 1 saturated carbocycles. The standard InChI is InChI=1S/C30H44O9/c1-4-17-6-5-7-24(31)14(2)26(33)23-12-21-19(22(23)13-25(32)38-17)9-8-16-10-18(11-20(16)21)39-30-29(36)28(35)27(34)15(3)37-30/h8-9,12,14-22,24,27-31,34-36H,4-7,10-11,13H2,1-3H3/t14-,15+,16-,17+,18-,19-,20-,21-,22+,24+,27+,28-,29-,30+/m1/s1. The molecule has 39 heavy (non-hydrogen) atoms. The summed E-state index contributed by atoms with van der Waals surface area (Å²) in [4.78, 5) is 26.7. The van der Waals surface area contributed by atoms with Gasteiger partial charge in [0.2, 0.25) is 0 Å². The van der Waals surface area contributed by atoms with Crippen LogP contribution in [0, 0.1) is 35.5 Å². The Morgan fingerprint density at radius 3 is 2.49 bits per heavy atom. The lowest BCUT2D eigenvalue weighted by Gasteiger charge is -2.40. The quantitative estimate of drug-likeness (QED) is 0.308. The maximum Gasteiger partial charge on any atom is 0.306 e. The van der Waals surface area contributed by atoms with Gasteiger partial charge in [-0.05, 0) is 74.7 Å². The average molecular weight is 549 g/mol. The molecule has 0 aromatic rings. The number of aliphatic hydroxyl groups is 4. The van der Waals surface area contributed by atoms with Gasteiger partial charge < -0.3 is 34.6 Å². The van der Waals surface area contributed by atoms with Crippen LogP contribution < -0.4 is 0 Å². The average Bonchev–Trinajstić information content (AvgIpc) is 3.49. The van der Waals surface area contributed by atoms with Crippen molar-refractivity contribution in [2.24, 2.45) is 35.5 Å². The molecule has 5 rings (SSSR count). The minimum absolute atomic E-state index is 0.0163. The van der Waals surface area contributed by atoms with Gasteiger partial charge in [0.15, 0.2) is 12.1 Å². The number of ether oxygens (including phenoxy) is 3. The third kappa shape index (κ3) is 5.63. The van der Waals surface area contributed by atoms with Crippen molar-refractivity contribution in [3.8, 4) is 0 Å². The molecule has 0 aromatic heterocycles. The van der Waals surface area contributed by atoms with Crippen LogP contribution in [0.25, 0.3) is 0 Å². The van der Waals surface area contributed by atoms with E-state index in [0.29, 0.717) is 37.7 Å². The van der Waals surface area contributed by atoms with E-state index in [1.807, 2.05) is 6.92 Å². The monoisotopic (exact) mass is 548 g/mol. The third-order valence-corrected chi connectivity index (χ3v) is 9.95. The molecule has 2 saturated heterocycles. The molecule has 0 aromatic carbocycles. The lowest BCUT2D eigenvalue weighted by Crippen LogP contribution is -2.57. The molecule has 4 N–H and O–H groups in total. The number of hydrogen-bond acceptors (Lipinski definition) is 9. The first-order valence-electron chi connectivity index (χ1n) is 14.8. The second kappa shape index (κ2) is 11.7. The summed E-state index contributed by atoms with van der Waals surface area (Å²) in [6.07, 6.45) is 3.74. The number of allylic oxidation sites excluding steroid dienone is 4. The van der Waals surface area contributed by atoms with E-state index in [4.69, 9.17) is 14.2 Å². The van der Waals surface area contributed by atoms with Crippen molar-refractivity contribution in [2.75, 3.05) is 0 Å². The number of carbonyl (C=O) groups is 2. The zero-order valence-corrected chi connectivity index (χ0v) is 23.1. The van der Waals surface area contributed by atoms with E-state index < -0.39 is 42.7 Å². The number of ketones is 1. The van der Waals surface area contributed by atoms with E-state index in [2.05, 4.69) is 18.2 Å². The van der Waals surface area contributed by atoms with Gasteiger partial charge in [-0.1, -0.05) is 32.1 Å². The number of rotatable bonds is 3. The summed E-state index contributed by atoms with van der Waals surface area (Å²) in [5, 5.41) is 41.4. The van der Waals surface area contributed by atoms with Crippen LogP contribution in [0.3, 0.4) is 0 Å². The van der Waals surface area contributed by atoms with Gasteiger partial charge in [0.05, 0.1) is 24.7 Å². The minimum atomic E-state index is -1.35. The van der Waals surface area contributed by atoms with Gasteiger partial charge in [0.25, 0.3) is 0 Å². The molecule has 0 bridgehead atoms. The van der Waals surface area contributed by atoms with E-state index in [9.17, 15) is 30.0 Å². The fourth-order valence-corrected chi connectivity index (χ4v) is 7.52. The highest BCUT2D eigenvalue weighted by molar-refractivity contribution is 5.99. The Hall–Kier alpha value is -1.62. The fourth-order valence-electron chi connectivity index (χ4n) is 7.52. The van der Waals surface area contributed by atoms with E-state index >= 15 is 0 Å². The lowest BCUT2D eigenvalue weighted by molar-refractivity contribution is -0.303.